The van der Waals surface area contributed by atoms with E-state index in [0.29, 0.717) is 66.2 Å². The van der Waals surface area contributed by atoms with E-state index in [1.807, 2.05) is 0 Å². The first-order valence-electron chi connectivity index (χ1n) is 11.9. The van der Waals surface area contributed by atoms with E-state index in [-0.39, 0.29) is 23.3 Å². The predicted octanol–water partition coefficient (Wildman–Crippen LogP) is 2.82. The Labute approximate surface area is 203 Å². The number of phenolic OH excluding ortho intramolecular Hbond substituents is 1. The fourth-order valence-electron chi connectivity index (χ4n) is 4.76. The number of nitrogens with zero attached hydrogens (tertiary/aromatic N) is 4. The van der Waals surface area contributed by atoms with Crippen LogP contribution in [0.2, 0.25) is 0 Å². The van der Waals surface area contributed by atoms with E-state index >= 15 is 0 Å². The maximum absolute atomic E-state index is 12.8. The zero-order valence-corrected chi connectivity index (χ0v) is 19.7. The van der Waals surface area contributed by atoms with Crippen LogP contribution in [0.1, 0.15) is 36.0 Å². The number of morpholine rings is 1. The van der Waals surface area contributed by atoms with Gasteiger partial charge in [0.15, 0.2) is 0 Å². The Balaban J connectivity index is 1.43. The van der Waals surface area contributed by atoms with E-state index in [4.69, 9.17) is 20.2 Å². The Morgan fingerprint density at radius 2 is 1.94 bits per heavy atom. The highest BCUT2D eigenvalue weighted by molar-refractivity contribution is 6.01. The van der Waals surface area contributed by atoms with E-state index in [1.54, 1.807) is 42.6 Å². The third kappa shape index (κ3) is 4.85. The summed E-state index contributed by atoms with van der Waals surface area (Å²) >= 11 is 0. The number of anilines is 2. The van der Waals surface area contributed by atoms with Crippen LogP contribution in [-0.4, -0.2) is 76.4 Å². The van der Waals surface area contributed by atoms with Crippen LogP contribution >= 0.6 is 0 Å². The van der Waals surface area contributed by atoms with E-state index < -0.39 is 0 Å². The topological polar surface area (TPSA) is 136 Å². The predicted molar refractivity (Wildman–Crippen MR) is 132 cm³/mol. The first-order chi connectivity index (χ1) is 17.0. The van der Waals surface area contributed by atoms with Gasteiger partial charge in [0.05, 0.1) is 35.8 Å². The summed E-state index contributed by atoms with van der Waals surface area (Å²) in [6.45, 7) is 2.01. The lowest BCUT2D eigenvalue weighted by molar-refractivity contribution is 0.0301. The zero-order chi connectivity index (χ0) is 24.4. The summed E-state index contributed by atoms with van der Waals surface area (Å²) < 4.78 is 10.8. The number of rotatable bonds is 5. The molecule has 184 valence electrons. The number of aromatic hydroxyl groups is 1. The molecule has 2 fully saturated rings. The van der Waals surface area contributed by atoms with Crippen molar-refractivity contribution in [2.75, 3.05) is 44.5 Å². The molecule has 3 heterocycles. The van der Waals surface area contributed by atoms with Crippen LogP contribution in [0.15, 0.2) is 30.6 Å². The maximum atomic E-state index is 12.8. The van der Waals surface area contributed by atoms with Gasteiger partial charge >= 0.3 is 0 Å². The van der Waals surface area contributed by atoms with Gasteiger partial charge in [-0.15, -0.1) is 0 Å². The van der Waals surface area contributed by atoms with Crippen molar-refractivity contribution in [2.45, 2.75) is 37.8 Å². The van der Waals surface area contributed by atoms with Gasteiger partial charge in [-0.3, -0.25) is 4.79 Å². The lowest BCUT2D eigenvalue weighted by Crippen LogP contribution is -2.40. The number of hydrogen-bond donors (Lipinski definition) is 3. The normalized spacial score (nSPS) is 20.7. The Morgan fingerprint density at radius 1 is 1.17 bits per heavy atom. The van der Waals surface area contributed by atoms with Gasteiger partial charge in [0, 0.05) is 44.2 Å². The van der Waals surface area contributed by atoms with Gasteiger partial charge in [-0.1, -0.05) is 6.07 Å². The number of hydrogen-bond acceptors (Lipinski definition) is 9. The van der Waals surface area contributed by atoms with Crippen LogP contribution in [0, 0.1) is 0 Å². The number of pyridine rings is 1. The second-order valence-corrected chi connectivity index (χ2v) is 9.00. The van der Waals surface area contributed by atoms with Crippen LogP contribution in [0.5, 0.6) is 5.75 Å². The molecule has 35 heavy (non-hydrogen) atoms. The number of ether oxygens (including phenoxy) is 2. The summed E-state index contributed by atoms with van der Waals surface area (Å²) in [6.07, 6.45) is 7.59. The molecular weight excluding hydrogens is 448 g/mol. The van der Waals surface area contributed by atoms with E-state index in [1.165, 1.54) is 0 Å². The molecule has 1 saturated heterocycles. The first kappa shape index (κ1) is 23.3. The Bertz CT molecular complexity index is 1220. The molecule has 0 unspecified atom stereocenters. The zero-order valence-electron chi connectivity index (χ0n) is 19.7. The molecule has 0 spiro atoms. The third-order valence-electron chi connectivity index (χ3n) is 6.83. The Hall–Kier alpha value is -3.50. The highest BCUT2D eigenvalue weighted by Gasteiger charge is 2.23. The highest BCUT2D eigenvalue weighted by Crippen LogP contribution is 2.33. The van der Waals surface area contributed by atoms with Crippen LogP contribution in [0.4, 0.5) is 11.8 Å². The molecule has 0 atom stereocenters. The largest absolute Gasteiger partial charge is 0.507 e. The number of carbonyl (C=O) groups excluding carboxylic acids is 1. The van der Waals surface area contributed by atoms with Crippen molar-refractivity contribution in [3.05, 3.63) is 36.2 Å². The van der Waals surface area contributed by atoms with Gasteiger partial charge in [0.1, 0.15) is 11.6 Å². The molecule has 2 aromatic heterocycles. The minimum atomic E-state index is -0.213. The summed E-state index contributed by atoms with van der Waals surface area (Å²) in [4.78, 5) is 28.0. The third-order valence-corrected chi connectivity index (χ3v) is 6.83. The van der Waals surface area contributed by atoms with Crippen molar-refractivity contribution in [3.63, 3.8) is 0 Å². The Morgan fingerprint density at radius 3 is 2.66 bits per heavy atom. The molecule has 2 aliphatic rings. The van der Waals surface area contributed by atoms with Crippen molar-refractivity contribution in [1.82, 2.24) is 19.9 Å². The fraction of sp³-hybridized carbons (Fsp3) is 0.440. The molecule has 1 aromatic carbocycles. The maximum Gasteiger partial charge on any atom is 0.257 e. The average Bonchev–Trinajstić information content (AvgIpc) is 2.89. The smallest absolute Gasteiger partial charge is 0.257 e. The Kier molecular flexibility index (Phi) is 6.65. The monoisotopic (exact) mass is 478 g/mol. The standard InChI is InChI=1S/C25H30N6O4/c1-34-17-5-3-16(4-6-17)29-25-28-14-20-22(30-25)19(13-27-23(20)26)15-2-7-18(21(32)12-15)24(33)31-8-10-35-11-9-31/h2,7,12-14,16-17,32H,3-6,8-11H2,1H3,(H2,26,27)(H,28,29,30). The van der Waals surface area contributed by atoms with E-state index in [9.17, 15) is 9.90 Å². The molecule has 10 heteroatoms. The number of aromatic nitrogens is 3. The number of phenols is 1. The molecule has 4 N–H and O–H groups in total. The molecule has 1 aliphatic heterocycles. The molecule has 1 aliphatic carbocycles. The number of carbonyl (C=O) groups is 1. The average molecular weight is 479 g/mol. The lowest BCUT2D eigenvalue weighted by Gasteiger charge is -2.28. The van der Waals surface area contributed by atoms with Crippen LogP contribution in [-0.2, 0) is 9.47 Å². The second-order valence-electron chi connectivity index (χ2n) is 9.00. The number of amides is 1. The SMILES string of the molecule is COC1CCC(Nc2ncc3c(N)ncc(-c4ccc(C(=O)N5CCOCC5)c(O)c4)c3n2)CC1. The van der Waals surface area contributed by atoms with Gasteiger partial charge in [-0.2, -0.15) is 0 Å². The summed E-state index contributed by atoms with van der Waals surface area (Å²) in [7, 11) is 1.76. The minimum absolute atomic E-state index is 0.0914. The number of fused-ring (bicyclic) bond motifs is 1. The van der Waals surface area contributed by atoms with Crippen molar-refractivity contribution in [3.8, 4) is 16.9 Å². The molecule has 1 amide bonds. The summed E-state index contributed by atoms with van der Waals surface area (Å²) in [5, 5.41) is 14.8. The molecular formula is C25H30N6O4. The highest BCUT2D eigenvalue weighted by atomic mass is 16.5. The lowest BCUT2D eigenvalue weighted by atomic mass is 9.93. The number of nitrogen functional groups attached to an aromatic ring is 1. The molecule has 1 saturated carbocycles. The molecule has 5 rings (SSSR count). The molecule has 0 bridgehead atoms. The summed E-state index contributed by atoms with van der Waals surface area (Å²) in [6, 6.07) is 5.28. The number of benzene rings is 1. The number of methoxy groups -OCH3 is 1. The number of nitrogens with two attached hydrogens (primary N) is 1. The number of nitrogens with one attached hydrogen (secondary N) is 1. The van der Waals surface area contributed by atoms with Crippen molar-refractivity contribution in [2.24, 2.45) is 0 Å². The summed E-state index contributed by atoms with van der Waals surface area (Å²) in [5.41, 5.74) is 8.38. The van der Waals surface area contributed by atoms with Gasteiger partial charge in [-0.05, 0) is 43.4 Å². The van der Waals surface area contributed by atoms with Crippen molar-refractivity contribution in [1.29, 1.82) is 0 Å². The quantitative estimate of drug-likeness (QED) is 0.506. The van der Waals surface area contributed by atoms with Crippen LogP contribution in [0.3, 0.4) is 0 Å². The van der Waals surface area contributed by atoms with Gasteiger partial charge < -0.3 is 30.5 Å². The van der Waals surface area contributed by atoms with Gasteiger partial charge in [0.25, 0.3) is 5.91 Å². The van der Waals surface area contributed by atoms with Gasteiger partial charge in [-0.25, -0.2) is 15.0 Å². The fourth-order valence-corrected chi connectivity index (χ4v) is 4.76. The van der Waals surface area contributed by atoms with E-state index in [2.05, 4.69) is 15.3 Å². The summed E-state index contributed by atoms with van der Waals surface area (Å²) in [5.74, 6) is 0.550. The van der Waals surface area contributed by atoms with Crippen LogP contribution < -0.4 is 11.1 Å². The second kappa shape index (κ2) is 10.0. The molecule has 0 radical (unpaired) electrons. The van der Waals surface area contributed by atoms with Gasteiger partial charge in [0.2, 0.25) is 5.95 Å². The first-order valence-corrected chi connectivity index (χ1v) is 11.9. The molecule has 3 aromatic rings. The van der Waals surface area contributed by atoms with Crippen LogP contribution in [0.25, 0.3) is 22.0 Å². The van der Waals surface area contributed by atoms with Crippen molar-refractivity contribution < 1.29 is 19.4 Å². The minimum Gasteiger partial charge on any atom is -0.507 e. The van der Waals surface area contributed by atoms with Crippen molar-refractivity contribution >= 4 is 28.6 Å². The molecule has 10 nitrogen and oxygen atoms in total. The van der Waals surface area contributed by atoms with E-state index in [0.717, 1.165) is 25.7 Å².